The number of aromatic nitrogens is 1. The van der Waals surface area contributed by atoms with E-state index in [9.17, 15) is 9.59 Å². The standard InChI is InChI=1S/C19H23N3O2/c1-2-9-22-14-17(12-18(22)23)20-19(24)16-7-5-15(6-8-16)13-21-10-3-4-11-21/h3-8,10-11,17H,2,9,12-14H2,1H3,(H,20,24). The number of likely N-dealkylation sites (tertiary alicyclic amines) is 1. The predicted molar refractivity (Wildman–Crippen MR) is 92.7 cm³/mol. The number of nitrogens with one attached hydrogen (secondary N) is 1. The lowest BCUT2D eigenvalue weighted by Gasteiger charge is -2.16. The summed E-state index contributed by atoms with van der Waals surface area (Å²) in [6.45, 7) is 4.22. The Labute approximate surface area is 142 Å². The molecule has 0 radical (unpaired) electrons. The molecule has 126 valence electrons. The Kier molecular flexibility index (Phi) is 4.99. The molecule has 0 bridgehead atoms. The van der Waals surface area contributed by atoms with Gasteiger partial charge in [-0.05, 0) is 36.2 Å². The van der Waals surface area contributed by atoms with Gasteiger partial charge in [0.25, 0.3) is 5.91 Å². The van der Waals surface area contributed by atoms with Gasteiger partial charge in [-0.1, -0.05) is 19.1 Å². The molecule has 1 N–H and O–H groups in total. The lowest BCUT2D eigenvalue weighted by molar-refractivity contribution is -0.127. The summed E-state index contributed by atoms with van der Waals surface area (Å²) in [4.78, 5) is 26.0. The van der Waals surface area contributed by atoms with Crippen LogP contribution in [0.4, 0.5) is 0 Å². The minimum Gasteiger partial charge on any atom is -0.350 e. The number of carbonyl (C=O) groups excluding carboxylic acids is 2. The molecule has 5 heteroatoms. The first-order chi connectivity index (χ1) is 11.7. The van der Waals surface area contributed by atoms with Crippen molar-refractivity contribution in [2.75, 3.05) is 13.1 Å². The highest BCUT2D eigenvalue weighted by Gasteiger charge is 2.29. The van der Waals surface area contributed by atoms with E-state index in [0.717, 1.165) is 25.1 Å². The summed E-state index contributed by atoms with van der Waals surface area (Å²) >= 11 is 0. The minimum absolute atomic E-state index is 0.0869. The molecule has 2 heterocycles. The summed E-state index contributed by atoms with van der Waals surface area (Å²) in [6, 6.07) is 11.5. The zero-order valence-corrected chi connectivity index (χ0v) is 13.9. The Morgan fingerprint density at radius 2 is 1.92 bits per heavy atom. The fourth-order valence-electron chi connectivity index (χ4n) is 3.07. The smallest absolute Gasteiger partial charge is 0.251 e. The van der Waals surface area contributed by atoms with Crippen molar-refractivity contribution in [3.8, 4) is 0 Å². The van der Waals surface area contributed by atoms with Crippen LogP contribution in [0, 0.1) is 0 Å². The van der Waals surface area contributed by atoms with Crippen LogP contribution >= 0.6 is 0 Å². The quantitative estimate of drug-likeness (QED) is 0.886. The second kappa shape index (κ2) is 7.34. The summed E-state index contributed by atoms with van der Waals surface area (Å²) in [5, 5.41) is 2.97. The van der Waals surface area contributed by atoms with Crippen LogP contribution < -0.4 is 5.32 Å². The van der Waals surface area contributed by atoms with E-state index in [4.69, 9.17) is 0 Å². The topological polar surface area (TPSA) is 54.3 Å². The van der Waals surface area contributed by atoms with Crippen molar-refractivity contribution >= 4 is 11.8 Å². The van der Waals surface area contributed by atoms with Crippen LogP contribution in [-0.4, -0.2) is 40.4 Å². The highest BCUT2D eigenvalue weighted by Crippen LogP contribution is 2.13. The molecule has 24 heavy (non-hydrogen) atoms. The second-order valence-corrected chi connectivity index (χ2v) is 6.27. The molecule has 1 saturated heterocycles. The van der Waals surface area contributed by atoms with Crippen molar-refractivity contribution in [1.29, 1.82) is 0 Å². The predicted octanol–water partition coefficient (Wildman–Crippen LogP) is 2.28. The fourth-order valence-corrected chi connectivity index (χ4v) is 3.07. The summed E-state index contributed by atoms with van der Waals surface area (Å²) in [6.07, 6.45) is 5.37. The molecule has 1 aromatic heterocycles. The number of benzene rings is 1. The van der Waals surface area contributed by atoms with Crippen LogP contribution in [-0.2, 0) is 11.3 Å². The molecule has 0 aliphatic carbocycles. The number of amides is 2. The van der Waals surface area contributed by atoms with Gasteiger partial charge in [-0.15, -0.1) is 0 Å². The molecular weight excluding hydrogens is 302 g/mol. The van der Waals surface area contributed by atoms with Crippen LogP contribution in [0.3, 0.4) is 0 Å². The van der Waals surface area contributed by atoms with Crippen molar-refractivity contribution in [3.63, 3.8) is 0 Å². The zero-order valence-electron chi connectivity index (χ0n) is 13.9. The lowest BCUT2D eigenvalue weighted by atomic mass is 10.1. The first-order valence-corrected chi connectivity index (χ1v) is 8.44. The van der Waals surface area contributed by atoms with Gasteiger partial charge >= 0.3 is 0 Å². The SMILES string of the molecule is CCCN1CC(NC(=O)c2ccc(Cn3cccc3)cc2)CC1=O. The fraction of sp³-hybridized carbons (Fsp3) is 0.368. The summed E-state index contributed by atoms with van der Waals surface area (Å²) < 4.78 is 2.08. The molecule has 2 aromatic rings. The molecule has 3 rings (SSSR count). The van der Waals surface area contributed by atoms with Crippen molar-refractivity contribution < 1.29 is 9.59 Å². The highest BCUT2D eigenvalue weighted by molar-refractivity contribution is 5.95. The first-order valence-electron chi connectivity index (χ1n) is 8.44. The normalized spacial score (nSPS) is 17.3. The summed E-state index contributed by atoms with van der Waals surface area (Å²) in [7, 11) is 0. The number of hydrogen-bond acceptors (Lipinski definition) is 2. The van der Waals surface area contributed by atoms with E-state index in [1.54, 1.807) is 0 Å². The third kappa shape index (κ3) is 3.85. The second-order valence-electron chi connectivity index (χ2n) is 6.27. The van der Waals surface area contributed by atoms with Gasteiger partial charge < -0.3 is 14.8 Å². The van der Waals surface area contributed by atoms with Crippen molar-refractivity contribution in [1.82, 2.24) is 14.8 Å². The Morgan fingerprint density at radius 3 is 2.58 bits per heavy atom. The van der Waals surface area contributed by atoms with E-state index in [0.29, 0.717) is 18.5 Å². The summed E-state index contributed by atoms with van der Waals surface area (Å²) in [5.41, 5.74) is 1.78. The molecule has 0 saturated carbocycles. The Hall–Kier alpha value is -2.56. The molecule has 1 aromatic carbocycles. The van der Waals surface area contributed by atoms with Crippen LogP contribution in [0.15, 0.2) is 48.8 Å². The molecule has 1 aliphatic rings. The number of nitrogens with zero attached hydrogens (tertiary/aromatic N) is 2. The molecule has 1 unspecified atom stereocenters. The zero-order chi connectivity index (χ0) is 16.9. The molecule has 0 spiro atoms. The molecule has 1 fully saturated rings. The Morgan fingerprint density at radius 1 is 1.21 bits per heavy atom. The third-order valence-electron chi connectivity index (χ3n) is 4.29. The average molecular weight is 325 g/mol. The van der Waals surface area contributed by atoms with Gasteiger partial charge in [0, 0.05) is 44.0 Å². The van der Waals surface area contributed by atoms with E-state index in [1.165, 1.54) is 0 Å². The van der Waals surface area contributed by atoms with Crippen molar-refractivity contribution in [2.45, 2.75) is 32.4 Å². The van der Waals surface area contributed by atoms with E-state index >= 15 is 0 Å². The van der Waals surface area contributed by atoms with Gasteiger partial charge in [0.15, 0.2) is 0 Å². The van der Waals surface area contributed by atoms with Gasteiger partial charge in [0.2, 0.25) is 5.91 Å². The van der Waals surface area contributed by atoms with Gasteiger partial charge in [-0.25, -0.2) is 0 Å². The van der Waals surface area contributed by atoms with Gasteiger partial charge in [-0.3, -0.25) is 9.59 Å². The monoisotopic (exact) mass is 325 g/mol. The average Bonchev–Trinajstić information content (AvgIpc) is 3.19. The Bertz CT molecular complexity index is 692. The van der Waals surface area contributed by atoms with Crippen LogP contribution in [0.5, 0.6) is 0 Å². The Balaban J connectivity index is 1.56. The van der Waals surface area contributed by atoms with Crippen LogP contribution in [0.1, 0.15) is 35.7 Å². The van der Waals surface area contributed by atoms with E-state index in [2.05, 4.69) is 16.8 Å². The number of hydrogen-bond donors (Lipinski definition) is 1. The summed E-state index contributed by atoms with van der Waals surface area (Å²) in [5.74, 6) is 0.0166. The molecular formula is C19H23N3O2. The molecule has 1 atom stereocenters. The maximum Gasteiger partial charge on any atom is 0.251 e. The lowest BCUT2D eigenvalue weighted by Crippen LogP contribution is -2.37. The maximum atomic E-state index is 12.4. The minimum atomic E-state index is -0.112. The molecule has 2 amide bonds. The van der Waals surface area contributed by atoms with Crippen LogP contribution in [0.2, 0.25) is 0 Å². The third-order valence-corrected chi connectivity index (χ3v) is 4.29. The maximum absolute atomic E-state index is 12.4. The van der Waals surface area contributed by atoms with E-state index in [-0.39, 0.29) is 17.9 Å². The van der Waals surface area contributed by atoms with Crippen molar-refractivity contribution in [3.05, 3.63) is 59.9 Å². The van der Waals surface area contributed by atoms with Gasteiger partial charge in [-0.2, -0.15) is 0 Å². The largest absolute Gasteiger partial charge is 0.350 e. The van der Waals surface area contributed by atoms with Crippen LogP contribution in [0.25, 0.3) is 0 Å². The van der Waals surface area contributed by atoms with Gasteiger partial charge in [0.05, 0.1) is 6.04 Å². The van der Waals surface area contributed by atoms with Crippen molar-refractivity contribution in [2.24, 2.45) is 0 Å². The number of rotatable bonds is 6. The molecule has 5 nitrogen and oxygen atoms in total. The van der Waals surface area contributed by atoms with E-state index in [1.807, 2.05) is 53.7 Å². The molecule has 1 aliphatic heterocycles. The number of carbonyl (C=O) groups is 2. The first kappa shape index (κ1) is 16.3. The van der Waals surface area contributed by atoms with Gasteiger partial charge in [0.1, 0.15) is 0 Å². The van der Waals surface area contributed by atoms with E-state index < -0.39 is 0 Å². The highest BCUT2D eigenvalue weighted by atomic mass is 16.2.